The second-order valence-corrected chi connectivity index (χ2v) is 11.9. The summed E-state index contributed by atoms with van der Waals surface area (Å²) >= 11 is 3.40. The number of benzene rings is 5. The normalized spacial score (nSPS) is 11.9. The molecule has 0 spiro atoms. The van der Waals surface area contributed by atoms with Gasteiger partial charge < -0.3 is 0 Å². The predicted octanol–water partition coefficient (Wildman–Crippen LogP) is 9.28. The smallest absolute Gasteiger partial charge is 0.238 e. The molecule has 0 fully saturated rings. The van der Waals surface area contributed by atoms with Gasteiger partial charge in [0.05, 0.1) is 26.8 Å². The summed E-state index contributed by atoms with van der Waals surface area (Å²) in [5, 5.41) is 4.81. The third-order valence-electron chi connectivity index (χ3n) is 7.64. The van der Waals surface area contributed by atoms with E-state index in [9.17, 15) is 0 Å². The van der Waals surface area contributed by atoms with E-state index in [-0.39, 0.29) is 0 Å². The van der Waals surface area contributed by atoms with Crippen molar-refractivity contribution in [2.24, 2.45) is 0 Å². The minimum Gasteiger partial charge on any atom is -0.278 e. The lowest BCUT2D eigenvalue weighted by atomic mass is 10.1. The second kappa shape index (κ2) is 8.76. The Labute approximate surface area is 242 Å². The molecule has 0 saturated heterocycles. The molecule has 0 bridgehead atoms. The molecule has 192 valence electrons. The van der Waals surface area contributed by atoms with Crippen LogP contribution in [0.3, 0.4) is 0 Å². The molecule has 5 nitrogen and oxygen atoms in total. The Kier molecular flexibility index (Phi) is 4.87. The maximum absolute atomic E-state index is 5.18. The summed E-state index contributed by atoms with van der Waals surface area (Å²) in [5.41, 5.74) is 6.93. The first kappa shape index (κ1) is 22.8. The van der Waals surface area contributed by atoms with Gasteiger partial charge in [0.1, 0.15) is 0 Å². The lowest BCUT2D eigenvalue weighted by Crippen LogP contribution is -2.06. The van der Waals surface area contributed by atoms with Crippen molar-refractivity contribution in [3.05, 3.63) is 115 Å². The van der Waals surface area contributed by atoms with E-state index in [1.807, 2.05) is 11.6 Å². The highest BCUT2D eigenvalue weighted by atomic mass is 32.1. The van der Waals surface area contributed by atoms with E-state index >= 15 is 0 Å². The molecule has 0 saturated carbocycles. The predicted molar refractivity (Wildman–Crippen MR) is 171 cm³/mol. The Bertz CT molecular complexity index is 2400. The van der Waals surface area contributed by atoms with Crippen LogP contribution in [0.2, 0.25) is 0 Å². The first-order valence-corrected chi connectivity index (χ1v) is 15.0. The number of aromatic nitrogens is 5. The van der Waals surface area contributed by atoms with Crippen molar-refractivity contribution >= 4 is 74.9 Å². The lowest BCUT2D eigenvalue weighted by Gasteiger charge is -2.11. The van der Waals surface area contributed by atoms with E-state index in [2.05, 4.69) is 113 Å². The van der Waals surface area contributed by atoms with Crippen LogP contribution in [0.15, 0.2) is 115 Å². The molecule has 0 aliphatic carbocycles. The van der Waals surface area contributed by atoms with Gasteiger partial charge in [-0.25, -0.2) is 9.97 Å². The summed E-state index contributed by atoms with van der Waals surface area (Å²) in [6.45, 7) is 0. The molecule has 4 aromatic heterocycles. The number of rotatable bonds is 3. The third-order valence-corrected chi connectivity index (χ3v) is 9.65. The van der Waals surface area contributed by atoms with E-state index in [0.29, 0.717) is 17.6 Å². The zero-order valence-corrected chi connectivity index (χ0v) is 23.2. The van der Waals surface area contributed by atoms with Gasteiger partial charge in [-0.1, -0.05) is 66.7 Å². The van der Waals surface area contributed by atoms with Gasteiger partial charge in [0.25, 0.3) is 0 Å². The molecule has 5 aromatic carbocycles. The van der Waals surface area contributed by atoms with E-state index in [4.69, 9.17) is 15.0 Å². The maximum atomic E-state index is 5.18. The lowest BCUT2D eigenvalue weighted by molar-refractivity contribution is 0.955. The fraction of sp³-hybridized carbons (Fsp3) is 0. The van der Waals surface area contributed by atoms with Crippen LogP contribution in [0.5, 0.6) is 0 Å². The van der Waals surface area contributed by atoms with Crippen LogP contribution in [0.25, 0.3) is 80.9 Å². The van der Waals surface area contributed by atoms with Crippen molar-refractivity contribution in [1.82, 2.24) is 24.5 Å². The van der Waals surface area contributed by atoms with Gasteiger partial charge in [-0.15, -0.1) is 22.7 Å². The molecule has 4 heterocycles. The molecule has 0 radical (unpaired) electrons. The molecular formula is C34H19N5S2. The minimum absolute atomic E-state index is 0.602. The third kappa shape index (κ3) is 3.46. The van der Waals surface area contributed by atoms with E-state index in [1.54, 1.807) is 22.7 Å². The topological polar surface area (TPSA) is 56.5 Å². The quantitative estimate of drug-likeness (QED) is 0.216. The van der Waals surface area contributed by atoms with Crippen LogP contribution in [-0.4, -0.2) is 24.5 Å². The molecule has 0 unspecified atom stereocenters. The zero-order valence-electron chi connectivity index (χ0n) is 21.5. The summed E-state index contributed by atoms with van der Waals surface area (Å²) in [7, 11) is 0. The summed E-state index contributed by atoms with van der Waals surface area (Å²) in [5.74, 6) is 1.90. The van der Waals surface area contributed by atoms with Gasteiger partial charge in [0, 0.05) is 42.1 Å². The van der Waals surface area contributed by atoms with Gasteiger partial charge in [-0.05, 0) is 42.5 Å². The number of thiophene rings is 1. The molecule has 7 heteroatoms. The van der Waals surface area contributed by atoms with Crippen LogP contribution >= 0.6 is 22.7 Å². The molecule has 0 N–H and O–H groups in total. The highest BCUT2D eigenvalue weighted by molar-refractivity contribution is 7.26. The Balaban J connectivity index is 1.38. The standard InChI is InChI=1S/C34H19N5S2/c1-4-13-27-21(8-1)22-9-2-5-14-28(22)39(27)34-37-32(20-16-17-26-30(18-20)40-19-35-26)36-33(38-34)25-12-7-11-24-23-10-3-6-15-29(23)41-31(24)25/h1-19H. The molecule has 0 amide bonds. The Morgan fingerprint density at radius 2 is 1.27 bits per heavy atom. The fourth-order valence-corrected chi connectivity index (χ4v) is 7.70. The number of fused-ring (bicyclic) bond motifs is 7. The first-order valence-electron chi connectivity index (χ1n) is 13.3. The van der Waals surface area contributed by atoms with Gasteiger partial charge in [0.2, 0.25) is 5.95 Å². The SMILES string of the molecule is c1ccc2c(c1)sc1c(-c3nc(-c4ccc5ncsc5c4)nc(-n4c5ccccc5c5ccccc54)n3)cccc12. The number of thiazole rings is 1. The van der Waals surface area contributed by atoms with E-state index in [1.165, 1.54) is 30.9 Å². The Hall–Kier alpha value is -4.98. The molecule has 41 heavy (non-hydrogen) atoms. The van der Waals surface area contributed by atoms with E-state index in [0.717, 1.165) is 32.4 Å². The van der Waals surface area contributed by atoms with Gasteiger partial charge in [-0.2, -0.15) is 9.97 Å². The van der Waals surface area contributed by atoms with Crippen molar-refractivity contribution in [2.45, 2.75) is 0 Å². The van der Waals surface area contributed by atoms with Crippen LogP contribution in [0, 0.1) is 0 Å². The van der Waals surface area contributed by atoms with Gasteiger partial charge >= 0.3 is 0 Å². The number of para-hydroxylation sites is 2. The second-order valence-electron chi connectivity index (χ2n) is 9.97. The number of hydrogen-bond acceptors (Lipinski definition) is 6. The fourth-order valence-electron chi connectivity index (χ4n) is 5.77. The van der Waals surface area contributed by atoms with E-state index < -0.39 is 0 Å². The number of nitrogens with zero attached hydrogens (tertiary/aromatic N) is 5. The van der Waals surface area contributed by atoms with Crippen molar-refractivity contribution in [2.75, 3.05) is 0 Å². The molecule has 0 aliphatic heterocycles. The molecule has 0 aliphatic rings. The zero-order chi connectivity index (χ0) is 26.9. The molecule has 9 aromatic rings. The average Bonchev–Trinajstić information content (AvgIpc) is 3.74. The summed E-state index contributed by atoms with van der Waals surface area (Å²) < 4.78 is 5.70. The Morgan fingerprint density at radius 1 is 0.561 bits per heavy atom. The van der Waals surface area contributed by atoms with Gasteiger partial charge in [-0.3, -0.25) is 4.57 Å². The van der Waals surface area contributed by atoms with Crippen LogP contribution < -0.4 is 0 Å². The Morgan fingerprint density at radius 3 is 2.10 bits per heavy atom. The monoisotopic (exact) mass is 561 g/mol. The average molecular weight is 562 g/mol. The van der Waals surface area contributed by atoms with Crippen molar-refractivity contribution in [1.29, 1.82) is 0 Å². The molecular weight excluding hydrogens is 543 g/mol. The summed E-state index contributed by atoms with van der Waals surface area (Å²) in [6.07, 6.45) is 0. The van der Waals surface area contributed by atoms with Crippen molar-refractivity contribution in [3.8, 4) is 28.7 Å². The number of hydrogen-bond donors (Lipinski definition) is 0. The highest BCUT2D eigenvalue weighted by Crippen LogP contribution is 2.40. The first-order chi connectivity index (χ1) is 20.3. The molecule has 0 atom stereocenters. The summed E-state index contributed by atoms with van der Waals surface area (Å²) in [4.78, 5) is 19.9. The highest BCUT2D eigenvalue weighted by Gasteiger charge is 2.19. The maximum Gasteiger partial charge on any atom is 0.238 e. The van der Waals surface area contributed by atoms with Crippen LogP contribution in [0.1, 0.15) is 0 Å². The van der Waals surface area contributed by atoms with Crippen molar-refractivity contribution in [3.63, 3.8) is 0 Å². The summed E-state index contributed by atoms with van der Waals surface area (Å²) in [6, 6.07) is 38.1. The van der Waals surface area contributed by atoms with Crippen molar-refractivity contribution < 1.29 is 0 Å². The minimum atomic E-state index is 0.602. The largest absolute Gasteiger partial charge is 0.278 e. The van der Waals surface area contributed by atoms with Crippen LogP contribution in [-0.2, 0) is 0 Å². The van der Waals surface area contributed by atoms with Crippen LogP contribution in [0.4, 0.5) is 0 Å². The molecule has 9 rings (SSSR count). The van der Waals surface area contributed by atoms with Gasteiger partial charge in [0.15, 0.2) is 11.6 Å².